The molecule has 0 aliphatic carbocycles. The van der Waals surface area contributed by atoms with Gasteiger partial charge in [0.2, 0.25) is 0 Å². The molecule has 4 fully saturated rings. The quantitative estimate of drug-likeness (QED) is 0.0237. The molecule has 15 aromatic rings. The molecule has 0 saturated carbocycles. The number of hydrogen-bond donors (Lipinski definition) is 8. The Labute approximate surface area is 864 Å². The standard InChI is InChI=1S/3C29H36N6O3.C25H31BrN4O3/c1-6-34(22-8-11-38-12-9-22)29-20(4)24(27(36)30-16-25-18(2)13-19(3)32-28(25)37)15-23-14-21(17-35(23)29)26-7-10-31-33(26)5;1-6-34(23-7-9-38-10-8-23)29-20(4)25(27(36)30-15-26-18(2)11-19(3)32-28(26)37)13-24-12-21(17-35(24)29)22-14-31-33(5)16-22;1-6-34(22-7-9-38-10-8-22)29-20(4)24(27(36)30-14-25-18(2)11-19(3)32-28(25)37)13-23-12-21(15-35(23)29)26-16-33(5)17-31-26;1-5-29(19-6-8-33-9-7-19)25-17(4)21(12-20-11-18(26)14-30(20)25)23(31)27-13-22-15(2)10-16(3)28-24(22)32/h7,10,13-15,17,22H,6,8-9,11-12,16H2,1-5H3,(H,30,36)(H,32,37);11-14,16-17,23H,6-10,15H2,1-5H3,(H,30,36)(H,32,37);11-13,15-17,22H,6-10,14H2,1-5H3,(H,30,36)(H,32,37);10-12,14,19H,5-9,13H2,1-4H3,(H,27,31)(H,28,32). The zero-order valence-electron chi connectivity index (χ0n) is 88.0. The largest absolute Gasteiger partial charge is 0.381 e. The van der Waals surface area contributed by atoms with Crippen LogP contribution in [0.3, 0.4) is 0 Å². The van der Waals surface area contributed by atoms with E-state index in [0.29, 0.717) is 68.7 Å². The lowest BCUT2D eigenvalue weighted by atomic mass is 10.0. The molecule has 4 aliphatic heterocycles. The van der Waals surface area contributed by atoms with Crippen molar-refractivity contribution in [3.8, 4) is 33.6 Å². The first-order valence-electron chi connectivity index (χ1n) is 51.1. The number of nitrogens with zero attached hydrogens (tertiary/aromatic N) is 14. The summed E-state index contributed by atoms with van der Waals surface area (Å²) in [6.07, 6.45) is 25.4. The zero-order chi connectivity index (χ0) is 105. The Morgan fingerprint density at radius 1 is 0.374 bits per heavy atom. The highest BCUT2D eigenvalue weighted by atomic mass is 79.9. The molecule has 4 aliphatic rings. The Morgan fingerprint density at radius 3 is 0.959 bits per heavy atom. The topological polar surface area (TPSA) is 369 Å². The van der Waals surface area contributed by atoms with Crippen LogP contribution in [0.4, 0.5) is 23.3 Å². The maximum Gasteiger partial charge on any atom is 0.253 e. The summed E-state index contributed by atoms with van der Waals surface area (Å²) in [7, 11) is 5.79. The molecular weight excluding hydrogens is 1930 g/mol. The minimum Gasteiger partial charge on any atom is -0.381 e. The van der Waals surface area contributed by atoms with Crippen molar-refractivity contribution < 1.29 is 38.1 Å². The number of H-pyrrole nitrogens is 4. The SMILES string of the molecule is CCN(c1c(C)c(C(=O)NCc2c(C)cc(C)[nH]c2=O)cc2cc(-c3ccnn3C)cn12)C1CCOCC1.CCN(c1c(C)c(C(=O)NCc2c(C)cc(C)[nH]c2=O)cc2cc(-c3cn(C)cn3)cn12)C1CCOCC1.CCN(c1c(C)c(C(=O)NCc2c(C)cc(C)[nH]c2=O)cc2cc(-c3cnn(C)c3)cn12)C1CCOCC1.CCN(c1c(C)c(C(=O)NCc2c(C)cc(C)[nH]c2=O)cc2cc(Br)cn12)C1CCOCC1. The third kappa shape index (κ3) is 23.2. The molecule has 15 aromatic heterocycles. The number of fused-ring (bicyclic) bond motifs is 4. The second kappa shape index (κ2) is 46.3. The van der Waals surface area contributed by atoms with Gasteiger partial charge in [-0.2, -0.15) is 10.2 Å². The first-order chi connectivity index (χ1) is 70.6. The predicted octanol–water partition coefficient (Wildman–Crippen LogP) is 15.9. The number of hydrogen-bond acceptors (Lipinski definition) is 19. The van der Waals surface area contributed by atoms with Crippen molar-refractivity contribution in [3.05, 3.63) is 292 Å². The third-order valence-electron chi connectivity index (χ3n) is 29.2. The van der Waals surface area contributed by atoms with Crippen LogP contribution < -0.4 is 63.1 Å². The number of carbonyl (C=O) groups is 4. The normalized spacial score (nSPS) is 14.3. The molecule has 19 rings (SSSR count). The molecule has 0 bridgehead atoms. The van der Waals surface area contributed by atoms with E-state index in [1.165, 1.54) is 0 Å². The summed E-state index contributed by atoms with van der Waals surface area (Å²) in [5, 5.41) is 20.7. The van der Waals surface area contributed by atoms with Gasteiger partial charge in [-0.15, -0.1) is 0 Å². The number of pyridine rings is 8. The Balaban J connectivity index is 0.000000140. The van der Waals surface area contributed by atoms with Crippen molar-refractivity contribution in [1.82, 2.24) is 87.9 Å². The molecule has 34 nitrogen and oxygen atoms in total. The first-order valence-corrected chi connectivity index (χ1v) is 51.9. The number of carbonyl (C=O) groups excluding carboxylic acids is 4. The van der Waals surface area contributed by atoms with Gasteiger partial charge in [0.1, 0.15) is 23.3 Å². The fourth-order valence-electron chi connectivity index (χ4n) is 21.7. The number of aromatic amines is 4. The number of halogens is 1. The summed E-state index contributed by atoms with van der Waals surface area (Å²) in [4.78, 5) is 130. The Bertz CT molecular complexity index is 7400. The van der Waals surface area contributed by atoms with Crippen LogP contribution in [-0.2, 0) is 66.3 Å². The average molecular weight is 2070 g/mol. The number of rotatable bonds is 27. The van der Waals surface area contributed by atoms with Gasteiger partial charge in [0, 0.05) is 332 Å². The van der Waals surface area contributed by atoms with Gasteiger partial charge >= 0.3 is 0 Å². The molecule has 0 radical (unpaired) electrons. The highest BCUT2D eigenvalue weighted by Crippen LogP contribution is 2.40. The number of aryl methyl sites for hydroxylation is 11. The maximum atomic E-state index is 13.6. The van der Waals surface area contributed by atoms with Gasteiger partial charge in [0.25, 0.3) is 45.9 Å². The van der Waals surface area contributed by atoms with Gasteiger partial charge in [-0.1, -0.05) is 0 Å². The van der Waals surface area contributed by atoms with E-state index in [9.17, 15) is 38.4 Å². The summed E-state index contributed by atoms with van der Waals surface area (Å²) in [6, 6.07) is 27.1. The van der Waals surface area contributed by atoms with Crippen LogP contribution in [0.25, 0.3) is 55.7 Å². The van der Waals surface area contributed by atoms with E-state index in [1.807, 2.05) is 193 Å². The number of anilines is 4. The van der Waals surface area contributed by atoms with Crippen molar-refractivity contribution in [2.75, 3.05) is 98.6 Å². The van der Waals surface area contributed by atoms with E-state index in [1.54, 1.807) is 17.2 Å². The van der Waals surface area contributed by atoms with Gasteiger partial charge < -0.3 is 102 Å². The summed E-state index contributed by atoms with van der Waals surface area (Å²) in [6.45, 7) is 41.5. The lowest BCUT2D eigenvalue weighted by Gasteiger charge is -2.37. The fourth-order valence-corrected chi connectivity index (χ4v) is 22.1. The molecular formula is C112H139BrN22O12. The van der Waals surface area contributed by atoms with E-state index in [-0.39, 0.29) is 72.0 Å². The van der Waals surface area contributed by atoms with Gasteiger partial charge in [0.05, 0.1) is 23.9 Å². The molecule has 0 atom stereocenters. The molecule has 8 N–H and O–H groups in total. The van der Waals surface area contributed by atoms with Gasteiger partial charge in [-0.3, -0.25) is 47.7 Å². The van der Waals surface area contributed by atoms with E-state index in [2.05, 4.69) is 180 Å². The minimum atomic E-state index is -0.200. The molecule has 0 unspecified atom stereocenters. The van der Waals surface area contributed by atoms with E-state index < -0.39 is 0 Å². The number of ether oxygens (including phenoxy) is 4. The van der Waals surface area contributed by atoms with Gasteiger partial charge in [-0.05, 0) is 279 Å². The smallest absolute Gasteiger partial charge is 0.253 e. The monoisotopic (exact) mass is 2060 g/mol. The molecule has 4 saturated heterocycles. The second-order valence-corrected chi connectivity index (χ2v) is 40.2. The number of amides is 4. The van der Waals surface area contributed by atoms with Crippen LogP contribution in [-0.4, -0.2) is 193 Å². The second-order valence-electron chi connectivity index (χ2n) is 39.2. The van der Waals surface area contributed by atoms with Crippen LogP contribution in [0.1, 0.15) is 210 Å². The van der Waals surface area contributed by atoms with Crippen molar-refractivity contribution in [2.24, 2.45) is 21.1 Å². The van der Waals surface area contributed by atoms with Crippen molar-refractivity contribution >= 4 is 84.9 Å². The van der Waals surface area contributed by atoms with Crippen LogP contribution in [0.15, 0.2) is 158 Å². The van der Waals surface area contributed by atoms with Crippen LogP contribution >= 0.6 is 15.9 Å². The molecule has 35 heteroatoms. The minimum absolute atomic E-state index is 0.159. The van der Waals surface area contributed by atoms with E-state index in [4.69, 9.17) is 18.9 Å². The van der Waals surface area contributed by atoms with Crippen LogP contribution in [0.5, 0.6) is 0 Å². The number of nitrogens with one attached hydrogen (secondary N) is 8. The molecule has 4 amide bonds. The molecule has 0 spiro atoms. The van der Waals surface area contributed by atoms with Crippen molar-refractivity contribution in [1.29, 1.82) is 0 Å². The average Bonchev–Trinajstić information content (AvgIpc) is 1.63. The van der Waals surface area contributed by atoms with Gasteiger partial charge in [0.15, 0.2) is 0 Å². The summed E-state index contributed by atoms with van der Waals surface area (Å²) < 4.78 is 37.8. The highest BCUT2D eigenvalue weighted by molar-refractivity contribution is 9.10. The number of aromatic nitrogens is 14. The van der Waals surface area contributed by atoms with E-state index >= 15 is 0 Å². The summed E-state index contributed by atoms with van der Waals surface area (Å²) in [5.41, 5.74) is 24.1. The van der Waals surface area contributed by atoms with Crippen molar-refractivity contribution in [2.45, 2.75) is 212 Å². The Hall–Kier alpha value is -14.1. The molecule has 19 heterocycles. The molecule has 776 valence electrons. The number of imidazole rings is 1. The molecule has 147 heavy (non-hydrogen) atoms. The highest BCUT2D eigenvalue weighted by Gasteiger charge is 2.34. The zero-order valence-corrected chi connectivity index (χ0v) is 89.6. The summed E-state index contributed by atoms with van der Waals surface area (Å²) >= 11 is 3.60. The maximum absolute atomic E-state index is 13.6. The van der Waals surface area contributed by atoms with Crippen LogP contribution in [0, 0.1) is 83.1 Å². The first kappa shape index (κ1) is 106. The Morgan fingerprint density at radius 2 is 0.673 bits per heavy atom. The molecule has 0 aromatic carbocycles. The van der Waals surface area contributed by atoms with Crippen molar-refractivity contribution in [3.63, 3.8) is 0 Å². The van der Waals surface area contributed by atoms with Gasteiger partial charge in [-0.25, -0.2) is 4.98 Å². The third-order valence-corrected chi connectivity index (χ3v) is 29.6. The lowest BCUT2D eigenvalue weighted by Crippen LogP contribution is -2.41. The predicted molar refractivity (Wildman–Crippen MR) is 581 cm³/mol. The van der Waals surface area contributed by atoms with Crippen LogP contribution in [0.2, 0.25) is 0 Å². The Kier molecular flexibility index (Phi) is 33.3. The summed E-state index contributed by atoms with van der Waals surface area (Å²) in [5.74, 6) is 3.29. The lowest BCUT2D eigenvalue weighted by molar-refractivity contribution is 0.0843. The van der Waals surface area contributed by atoms with E-state index in [0.717, 1.165) is 281 Å². The fraction of sp³-hybridized carbons (Fsp3) is 0.420.